The Labute approximate surface area is 121 Å². The molecule has 3 aromatic rings. The van der Waals surface area contributed by atoms with E-state index in [9.17, 15) is 9.90 Å². The third-order valence-electron chi connectivity index (χ3n) is 3.37. The largest absolute Gasteiger partial charge is 0.394 e. The minimum Gasteiger partial charge on any atom is -0.394 e. The molecule has 3 N–H and O–H groups in total. The molecule has 21 heavy (non-hydrogen) atoms. The van der Waals surface area contributed by atoms with Crippen LogP contribution in [-0.2, 0) is 0 Å². The Hall–Kier alpha value is -2.66. The van der Waals surface area contributed by atoms with Crippen LogP contribution in [0.25, 0.3) is 11.0 Å². The number of carbonyl (C=O) groups excluding carboxylic acids is 1. The lowest BCUT2D eigenvalue weighted by Gasteiger charge is -2.16. The SMILES string of the molecule is O=C(N[C@@H](CO)c1ccccc1)c1ccc2nc[nH]c2c1. The number of nitrogens with zero attached hydrogens (tertiary/aromatic N) is 1. The molecule has 5 heteroatoms. The van der Waals surface area contributed by atoms with Gasteiger partial charge in [-0.15, -0.1) is 0 Å². The second kappa shape index (κ2) is 5.76. The Morgan fingerprint density at radius 2 is 2.05 bits per heavy atom. The van der Waals surface area contributed by atoms with E-state index < -0.39 is 6.04 Å². The number of H-pyrrole nitrogens is 1. The van der Waals surface area contributed by atoms with E-state index in [0.29, 0.717) is 5.56 Å². The van der Waals surface area contributed by atoms with E-state index in [1.54, 1.807) is 24.5 Å². The maximum Gasteiger partial charge on any atom is 0.251 e. The van der Waals surface area contributed by atoms with Crippen molar-refractivity contribution in [2.24, 2.45) is 0 Å². The molecule has 0 saturated carbocycles. The Bertz CT molecular complexity index is 752. The summed E-state index contributed by atoms with van der Waals surface area (Å²) in [6.45, 7) is -0.151. The molecule has 3 rings (SSSR count). The fourth-order valence-corrected chi connectivity index (χ4v) is 2.24. The van der Waals surface area contributed by atoms with Crippen molar-refractivity contribution in [3.63, 3.8) is 0 Å². The zero-order valence-electron chi connectivity index (χ0n) is 11.3. The monoisotopic (exact) mass is 281 g/mol. The molecular weight excluding hydrogens is 266 g/mol. The van der Waals surface area contributed by atoms with Crippen molar-refractivity contribution in [3.8, 4) is 0 Å². The third kappa shape index (κ3) is 2.78. The number of aromatic amines is 1. The van der Waals surface area contributed by atoms with E-state index in [-0.39, 0.29) is 12.5 Å². The lowest BCUT2D eigenvalue weighted by molar-refractivity contribution is 0.0916. The maximum absolute atomic E-state index is 12.3. The summed E-state index contributed by atoms with van der Waals surface area (Å²) >= 11 is 0. The summed E-state index contributed by atoms with van der Waals surface area (Å²) < 4.78 is 0. The van der Waals surface area contributed by atoms with E-state index >= 15 is 0 Å². The number of imidazole rings is 1. The number of rotatable bonds is 4. The average molecular weight is 281 g/mol. The van der Waals surface area contributed by atoms with Crippen molar-refractivity contribution in [2.45, 2.75) is 6.04 Å². The van der Waals surface area contributed by atoms with Gasteiger partial charge >= 0.3 is 0 Å². The highest BCUT2D eigenvalue weighted by Crippen LogP contribution is 2.15. The fraction of sp³-hybridized carbons (Fsp3) is 0.125. The molecule has 0 saturated heterocycles. The van der Waals surface area contributed by atoms with Gasteiger partial charge in [0, 0.05) is 5.56 Å². The molecule has 0 aliphatic heterocycles. The first-order valence-corrected chi connectivity index (χ1v) is 6.68. The van der Waals surface area contributed by atoms with Gasteiger partial charge in [0.15, 0.2) is 0 Å². The predicted molar refractivity (Wildman–Crippen MR) is 79.8 cm³/mol. The summed E-state index contributed by atoms with van der Waals surface area (Å²) in [4.78, 5) is 19.4. The molecule has 5 nitrogen and oxygen atoms in total. The second-order valence-electron chi connectivity index (χ2n) is 4.75. The Balaban J connectivity index is 1.81. The van der Waals surface area contributed by atoms with Crippen LogP contribution < -0.4 is 5.32 Å². The van der Waals surface area contributed by atoms with Crippen LogP contribution in [0, 0.1) is 0 Å². The number of fused-ring (bicyclic) bond motifs is 1. The summed E-state index contributed by atoms with van der Waals surface area (Å²) in [6, 6.07) is 14.2. The molecule has 0 aliphatic rings. The highest BCUT2D eigenvalue weighted by molar-refractivity contribution is 5.97. The number of hydrogen-bond donors (Lipinski definition) is 3. The number of aliphatic hydroxyl groups excluding tert-OH is 1. The quantitative estimate of drug-likeness (QED) is 0.684. The van der Waals surface area contributed by atoms with Crippen LogP contribution in [0.3, 0.4) is 0 Å². The zero-order valence-corrected chi connectivity index (χ0v) is 11.3. The highest BCUT2D eigenvalue weighted by atomic mass is 16.3. The van der Waals surface area contributed by atoms with Crippen molar-refractivity contribution in [1.29, 1.82) is 0 Å². The van der Waals surface area contributed by atoms with Gasteiger partial charge in [0.2, 0.25) is 0 Å². The first-order valence-electron chi connectivity index (χ1n) is 6.68. The van der Waals surface area contributed by atoms with Crippen molar-refractivity contribution in [2.75, 3.05) is 6.61 Å². The molecule has 0 radical (unpaired) electrons. The molecular formula is C16H15N3O2. The van der Waals surface area contributed by atoms with Gasteiger partial charge in [-0.2, -0.15) is 0 Å². The summed E-state index contributed by atoms with van der Waals surface area (Å²) in [5.41, 5.74) is 3.02. The number of carbonyl (C=O) groups is 1. The van der Waals surface area contributed by atoms with Crippen LogP contribution in [-0.4, -0.2) is 27.6 Å². The molecule has 0 aliphatic carbocycles. The average Bonchev–Trinajstić information content (AvgIpc) is 3.00. The fourth-order valence-electron chi connectivity index (χ4n) is 2.24. The summed E-state index contributed by atoms with van der Waals surface area (Å²) in [6.07, 6.45) is 1.59. The number of aromatic nitrogens is 2. The van der Waals surface area contributed by atoms with Gasteiger partial charge in [-0.1, -0.05) is 30.3 Å². The van der Waals surface area contributed by atoms with Crippen molar-refractivity contribution in [1.82, 2.24) is 15.3 Å². The topological polar surface area (TPSA) is 78.0 Å². The number of aliphatic hydroxyl groups is 1. The lowest BCUT2D eigenvalue weighted by atomic mass is 10.1. The number of nitrogens with one attached hydrogen (secondary N) is 2. The van der Waals surface area contributed by atoms with Gasteiger partial charge in [-0.25, -0.2) is 4.98 Å². The Morgan fingerprint density at radius 1 is 1.24 bits per heavy atom. The van der Waals surface area contributed by atoms with Crippen LogP contribution in [0.2, 0.25) is 0 Å². The van der Waals surface area contributed by atoms with Crippen molar-refractivity contribution in [3.05, 3.63) is 66.0 Å². The van der Waals surface area contributed by atoms with E-state index in [1.165, 1.54) is 0 Å². The number of hydrogen-bond acceptors (Lipinski definition) is 3. The minimum atomic E-state index is -0.420. The summed E-state index contributed by atoms with van der Waals surface area (Å²) in [5, 5.41) is 12.3. The number of amides is 1. The molecule has 0 spiro atoms. The number of benzene rings is 2. The molecule has 106 valence electrons. The van der Waals surface area contributed by atoms with Gasteiger partial charge in [0.25, 0.3) is 5.91 Å². The van der Waals surface area contributed by atoms with Crippen molar-refractivity contribution >= 4 is 16.9 Å². The van der Waals surface area contributed by atoms with Gasteiger partial charge in [-0.3, -0.25) is 4.79 Å². The minimum absolute atomic E-state index is 0.151. The van der Waals surface area contributed by atoms with Gasteiger partial charge < -0.3 is 15.4 Å². The molecule has 1 aromatic heterocycles. The second-order valence-corrected chi connectivity index (χ2v) is 4.75. The third-order valence-corrected chi connectivity index (χ3v) is 3.37. The smallest absolute Gasteiger partial charge is 0.251 e. The van der Waals surface area contributed by atoms with Gasteiger partial charge in [0.1, 0.15) is 0 Å². The molecule has 1 amide bonds. The molecule has 1 heterocycles. The Kier molecular flexibility index (Phi) is 3.66. The van der Waals surface area contributed by atoms with E-state index in [0.717, 1.165) is 16.6 Å². The molecule has 0 unspecified atom stereocenters. The molecule has 1 atom stereocenters. The lowest BCUT2D eigenvalue weighted by Crippen LogP contribution is -2.30. The summed E-state index contributed by atoms with van der Waals surface area (Å²) in [7, 11) is 0. The van der Waals surface area contributed by atoms with Crippen LogP contribution in [0.4, 0.5) is 0 Å². The van der Waals surface area contributed by atoms with Crippen LogP contribution >= 0.6 is 0 Å². The maximum atomic E-state index is 12.3. The van der Waals surface area contributed by atoms with Gasteiger partial charge in [0.05, 0.1) is 30.0 Å². The molecule has 2 aromatic carbocycles. The van der Waals surface area contributed by atoms with E-state index in [1.807, 2.05) is 30.3 Å². The standard InChI is InChI=1S/C16H15N3O2/c20-9-15(11-4-2-1-3-5-11)19-16(21)12-6-7-13-14(8-12)18-10-17-13/h1-8,10,15,20H,9H2,(H,17,18)(H,19,21)/t15-/m0/s1. The van der Waals surface area contributed by atoms with Gasteiger partial charge in [-0.05, 0) is 23.8 Å². The highest BCUT2D eigenvalue weighted by Gasteiger charge is 2.15. The predicted octanol–water partition coefficient (Wildman–Crippen LogP) is 2.03. The van der Waals surface area contributed by atoms with Crippen LogP contribution in [0.5, 0.6) is 0 Å². The van der Waals surface area contributed by atoms with Crippen LogP contribution in [0.15, 0.2) is 54.9 Å². The molecule has 0 fully saturated rings. The first-order chi connectivity index (χ1) is 10.3. The molecule has 0 bridgehead atoms. The summed E-state index contributed by atoms with van der Waals surface area (Å²) in [5.74, 6) is -0.227. The zero-order chi connectivity index (χ0) is 14.7. The van der Waals surface area contributed by atoms with E-state index in [2.05, 4.69) is 15.3 Å². The van der Waals surface area contributed by atoms with E-state index in [4.69, 9.17) is 0 Å². The first kappa shape index (κ1) is 13.3. The normalized spacial score (nSPS) is 12.2. The van der Waals surface area contributed by atoms with Crippen LogP contribution in [0.1, 0.15) is 22.0 Å². The Morgan fingerprint density at radius 3 is 2.81 bits per heavy atom. The van der Waals surface area contributed by atoms with Crippen molar-refractivity contribution < 1.29 is 9.90 Å².